The van der Waals surface area contributed by atoms with Crippen LogP contribution in [0.2, 0.25) is 0 Å². The molecule has 0 aliphatic rings. The van der Waals surface area contributed by atoms with Crippen molar-refractivity contribution in [3.63, 3.8) is 0 Å². The minimum Gasteiger partial charge on any atom is -0.464 e. The SMILES string of the molecule is CCOC(=O)C(C)(O)c1cc(F)cc(F)c1. The Labute approximate surface area is 91.7 Å². The molecular formula is C11H12F2O3. The van der Waals surface area contributed by atoms with E-state index in [4.69, 9.17) is 0 Å². The summed E-state index contributed by atoms with van der Waals surface area (Å²) in [6, 6.07) is 2.44. The van der Waals surface area contributed by atoms with Gasteiger partial charge >= 0.3 is 5.97 Å². The van der Waals surface area contributed by atoms with Crippen LogP contribution in [0.25, 0.3) is 0 Å². The highest BCUT2D eigenvalue weighted by atomic mass is 19.1. The van der Waals surface area contributed by atoms with Gasteiger partial charge in [0.1, 0.15) is 11.6 Å². The summed E-state index contributed by atoms with van der Waals surface area (Å²) in [7, 11) is 0. The van der Waals surface area contributed by atoms with E-state index in [9.17, 15) is 18.7 Å². The van der Waals surface area contributed by atoms with Crippen molar-refractivity contribution < 1.29 is 23.4 Å². The molecule has 3 nitrogen and oxygen atoms in total. The molecule has 0 aromatic heterocycles. The van der Waals surface area contributed by atoms with E-state index in [-0.39, 0.29) is 12.2 Å². The van der Waals surface area contributed by atoms with E-state index in [1.165, 1.54) is 0 Å². The Morgan fingerprint density at radius 1 is 1.38 bits per heavy atom. The van der Waals surface area contributed by atoms with Gasteiger partial charge in [-0.25, -0.2) is 13.6 Å². The highest BCUT2D eigenvalue weighted by molar-refractivity contribution is 5.80. The smallest absolute Gasteiger partial charge is 0.342 e. The average Bonchev–Trinajstić information content (AvgIpc) is 2.16. The van der Waals surface area contributed by atoms with Crippen LogP contribution in [-0.4, -0.2) is 17.7 Å². The molecule has 0 fully saturated rings. The fraction of sp³-hybridized carbons (Fsp3) is 0.364. The second-order valence-electron chi connectivity index (χ2n) is 3.45. The predicted molar refractivity (Wildman–Crippen MR) is 52.6 cm³/mol. The first-order valence-electron chi connectivity index (χ1n) is 4.74. The number of hydrogen-bond donors (Lipinski definition) is 1. The Morgan fingerprint density at radius 2 is 1.88 bits per heavy atom. The van der Waals surface area contributed by atoms with Crippen molar-refractivity contribution in [1.29, 1.82) is 0 Å². The van der Waals surface area contributed by atoms with Crippen molar-refractivity contribution in [2.24, 2.45) is 0 Å². The molecule has 0 saturated carbocycles. The lowest BCUT2D eigenvalue weighted by atomic mass is 9.96. The second-order valence-corrected chi connectivity index (χ2v) is 3.45. The number of hydrogen-bond acceptors (Lipinski definition) is 3. The molecule has 16 heavy (non-hydrogen) atoms. The Bertz CT molecular complexity index is 382. The standard InChI is InChI=1S/C11H12F2O3/c1-3-16-10(14)11(2,15)7-4-8(12)6-9(13)5-7/h4-6,15H,3H2,1-2H3. The molecule has 0 heterocycles. The largest absolute Gasteiger partial charge is 0.464 e. The topological polar surface area (TPSA) is 46.5 Å². The Morgan fingerprint density at radius 3 is 2.31 bits per heavy atom. The van der Waals surface area contributed by atoms with Crippen molar-refractivity contribution in [2.75, 3.05) is 6.61 Å². The van der Waals surface area contributed by atoms with Crippen LogP contribution in [0.15, 0.2) is 18.2 Å². The molecule has 5 heteroatoms. The van der Waals surface area contributed by atoms with Crippen LogP contribution in [0.1, 0.15) is 19.4 Å². The van der Waals surface area contributed by atoms with Gasteiger partial charge in [-0.2, -0.15) is 0 Å². The van der Waals surface area contributed by atoms with Crippen molar-refractivity contribution in [2.45, 2.75) is 19.4 Å². The third-order valence-electron chi connectivity index (χ3n) is 2.10. The van der Waals surface area contributed by atoms with E-state index in [0.717, 1.165) is 19.1 Å². The number of carbonyl (C=O) groups is 1. The number of esters is 1. The number of halogens is 2. The molecule has 0 bridgehead atoms. The predicted octanol–water partition coefficient (Wildman–Crippen LogP) is 1.74. The van der Waals surface area contributed by atoms with Gasteiger partial charge in [0.25, 0.3) is 0 Å². The fourth-order valence-corrected chi connectivity index (χ4v) is 1.22. The lowest BCUT2D eigenvalue weighted by Crippen LogP contribution is -2.34. The number of benzene rings is 1. The molecule has 1 N–H and O–H groups in total. The molecule has 0 spiro atoms. The van der Waals surface area contributed by atoms with Gasteiger partial charge in [-0.15, -0.1) is 0 Å². The Kier molecular flexibility index (Phi) is 3.59. The monoisotopic (exact) mass is 230 g/mol. The molecular weight excluding hydrogens is 218 g/mol. The van der Waals surface area contributed by atoms with Crippen LogP contribution in [0, 0.1) is 11.6 Å². The van der Waals surface area contributed by atoms with Crippen LogP contribution in [0.4, 0.5) is 8.78 Å². The molecule has 1 aromatic rings. The minimum atomic E-state index is -2.06. The number of ether oxygens (including phenoxy) is 1. The van der Waals surface area contributed by atoms with Gasteiger partial charge in [-0.1, -0.05) is 0 Å². The van der Waals surface area contributed by atoms with Crippen LogP contribution >= 0.6 is 0 Å². The van der Waals surface area contributed by atoms with Gasteiger partial charge in [0, 0.05) is 11.6 Å². The maximum atomic E-state index is 12.9. The van der Waals surface area contributed by atoms with Crippen molar-refractivity contribution in [3.05, 3.63) is 35.4 Å². The van der Waals surface area contributed by atoms with E-state index >= 15 is 0 Å². The van der Waals surface area contributed by atoms with Crippen LogP contribution in [0.5, 0.6) is 0 Å². The molecule has 88 valence electrons. The van der Waals surface area contributed by atoms with E-state index in [1.54, 1.807) is 6.92 Å². The van der Waals surface area contributed by atoms with Crippen molar-refractivity contribution >= 4 is 5.97 Å². The molecule has 1 aromatic carbocycles. The number of aliphatic hydroxyl groups is 1. The van der Waals surface area contributed by atoms with Gasteiger partial charge < -0.3 is 9.84 Å². The van der Waals surface area contributed by atoms with E-state index in [2.05, 4.69) is 4.74 Å². The summed E-state index contributed by atoms with van der Waals surface area (Å²) in [5.41, 5.74) is -2.23. The van der Waals surface area contributed by atoms with Crippen molar-refractivity contribution in [3.8, 4) is 0 Å². The molecule has 1 unspecified atom stereocenters. The van der Waals surface area contributed by atoms with Gasteiger partial charge in [0.15, 0.2) is 5.60 Å². The molecule has 0 amide bonds. The molecule has 0 aliphatic carbocycles. The van der Waals surface area contributed by atoms with Gasteiger partial charge in [0.2, 0.25) is 0 Å². The minimum absolute atomic E-state index is 0.0762. The summed E-state index contributed by atoms with van der Waals surface area (Å²) >= 11 is 0. The van der Waals surface area contributed by atoms with Crippen LogP contribution in [-0.2, 0) is 15.1 Å². The highest BCUT2D eigenvalue weighted by Crippen LogP contribution is 2.24. The number of carbonyl (C=O) groups excluding carboxylic acids is 1. The first-order chi connectivity index (χ1) is 7.37. The highest BCUT2D eigenvalue weighted by Gasteiger charge is 2.34. The first-order valence-corrected chi connectivity index (χ1v) is 4.74. The summed E-state index contributed by atoms with van der Waals surface area (Å²) in [6.07, 6.45) is 0. The van der Waals surface area contributed by atoms with E-state index < -0.39 is 23.2 Å². The first kappa shape index (κ1) is 12.6. The zero-order chi connectivity index (χ0) is 12.3. The maximum absolute atomic E-state index is 12.9. The molecule has 0 radical (unpaired) electrons. The summed E-state index contributed by atoms with van der Waals surface area (Å²) in [6.45, 7) is 2.77. The normalized spacial score (nSPS) is 14.3. The third kappa shape index (κ3) is 2.55. The zero-order valence-corrected chi connectivity index (χ0v) is 8.96. The van der Waals surface area contributed by atoms with Gasteiger partial charge in [-0.3, -0.25) is 0 Å². The Hall–Kier alpha value is -1.49. The molecule has 0 saturated heterocycles. The van der Waals surface area contributed by atoms with Crippen LogP contribution < -0.4 is 0 Å². The lowest BCUT2D eigenvalue weighted by Gasteiger charge is -2.21. The quantitative estimate of drug-likeness (QED) is 0.804. The summed E-state index contributed by atoms with van der Waals surface area (Å²) in [4.78, 5) is 11.4. The van der Waals surface area contributed by atoms with E-state index in [0.29, 0.717) is 6.07 Å². The maximum Gasteiger partial charge on any atom is 0.342 e. The van der Waals surface area contributed by atoms with Gasteiger partial charge in [0.05, 0.1) is 6.61 Å². The fourth-order valence-electron chi connectivity index (χ4n) is 1.22. The van der Waals surface area contributed by atoms with E-state index in [1.807, 2.05) is 0 Å². The average molecular weight is 230 g/mol. The van der Waals surface area contributed by atoms with Crippen LogP contribution in [0.3, 0.4) is 0 Å². The molecule has 1 atom stereocenters. The third-order valence-corrected chi connectivity index (χ3v) is 2.10. The van der Waals surface area contributed by atoms with Crippen molar-refractivity contribution in [1.82, 2.24) is 0 Å². The van der Waals surface area contributed by atoms with Gasteiger partial charge in [-0.05, 0) is 26.0 Å². The summed E-state index contributed by atoms with van der Waals surface area (Å²) in [5.74, 6) is -2.67. The second kappa shape index (κ2) is 4.57. The zero-order valence-electron chi connectivity index (χ0n) is 8.96. The lowest BCUT2D eigenvalue weighted by molar-refractivity contribution is -0.164. The molecule has 0 aliphatic heterocycles. The molecule has 1 rings (SSSR count). The summed E-state index contributed by atoms with van der Waals surface area (Å²) in [5, 5.41) is 9.83. The summed E-state index contributed by atoms with van der Waals surface area (Å²) < 4.78 is 30.4. The number of rotatable bonds is 3. The Balaban J connectivity index is 3.10.